The molecule has 24 heavy (non-hydrogen) atoms. The number of nitrogens with one attached hydrogen (secondary N) is 2. The van der Waals surface area contributed by atoms with Gasteiger partial charge in [-0.25, -0.2) is 21.6 Å². The van der Waals surface area contributed by atoms with Gasteiger partial charge in [-0.1, -0.05) is 12.1 Å². The van der Waals surface area contributed by atoms with Gasteiger partial charge < -0.3 is 0 Å². The normalized spacial score (nSPS) is 11.9. The highest BCUT2D eigenvalue weighted by molar-refractivity contribution is 7.92. The Balaban J connectivity index is 2.30. The molecule has 0 saturated heterocycles. The molecule has 128 valence electrons. The first kappa shape index (κ1) is 18.1. The van der Waals surface area contributed by atoms with Gasteiger partial charge in [-0.05, 0) is 50.4 Å². The van der Waals surface area contributed by atoms with Crippen molar-refractivity contribution in [2.24, 2.45) is 0 Å². The molecule has 0 bridgehead atoms. The molecule has 9 heteroatoms. The Kier molecular flexibility index (Phi) is 5.07. The zero-order chi connectivity index (χ0) is 18.0. The fourth-order valence-electron chi connectivity index (χ4n) is 1.92. The van der Waals surface area contributed by atoms with Gasteiger partial charge in [-0.15, -0.1) is 0 Å². The summed E-state index contributed by atoms with van der Waals surface area (Å²) in [5.41, 5.74) is 0.492. The lowest BCUT2D eigenvalue weighted by Crippen LogP contribution is -2.18. The molecule has 2 aromatic rings. The Hall–Kier alpha value is -2.23. The molecule has 0 aliphatic rings. The standard InChI is InChI=1S/C15H16N2O5S2/c1-11(18)12-4-3-5-15(10-12)24(21,22)17-13-6-8-14(9-7-13)23(19,20)16-2/h3-10,16-17H,1-2H3. The Labute approximate surface area is 140 Å². The highest BCUT2D eigenvalue weighted by atomic mass is 32.2. The maximum absolute atomic E-state index is 12.4. The van der Waals surface area contributed by atoms with Crippen molar-refractivity contribution >= 4 is 31.5 Å². The van der Waals surface area contributed by atoms with E-state index in [9.17, 15) is 21.6 Å². The summed E-state index contributed by atoms with van der Waals surface area (Å²) in [5, 5.41) is 0. The third-order valence-electron chi connectivity index (χ3n) is 3.24. The summed E-state index contributed by atoms with van der Waals surface area (Å²) in [6.07, 6.45) is 0. The second-order valence-electron chi connectivity index (χ2n) is 4.92. The van der Waals surface area contributed by atoms with Crippen LogP contribution in [0.3, 0.4) is 0 Å². The van der Waals surface area contributed by atoms with Crippen molar-refractivity contribution < 1.29 is 21.6 Å². The SMILES string of the molecule is CNS(=O)(=O)c1ccc(NS(=O)(=O)c2cccc(C(C)=O)c2)cc1. The molecule has 0 aliphatic heterocycles. The van der Waals surface area contributed by atoms with Crippen molar-refractivity contribution in [3.05, 3.63) is 54.1 Å². The van der Waals surface area contributed by atoms with E-state index >= 15 is 0 Å². The molecule has 2 rings (SSSR count). The topological polar surface area (TPSA) is 109 Å². The van der Waals surface area contributed by atoms with Crippen LogP contribution in [0, 0.1) is 0 Å². The van der Waals surface area contributed by atoms with Crippen molar-refractivity contribution in [2.75, 3.05) is 11.8 Å². The lowest BCUT2D eigenvalue weighted by molar-refractivity contribution is 0.101. The van der Waals surface area contributed by atoms with E-state index in [0.717, 1.165) is 0 Å². The largest absolute Gasteiger partial charge is 0.295 e. The lowest BCUT2D eigenvalue weighted by atomic mass is 10.2. The Morgan fingerprint density at radius 3 is 2.04 bits per heavy atom. The number of carbonyl (C=O) groups is 1. The minimum atomic E-state index is -3.89. The Morgan fingerprint density at radius 2 is 1.50 bits per heavy atom. The van der Waals surface area contributed by atoms with Crippen molar-refractivity contribution in [3.8, 4) is 0 Å². The fourth-order valence-corrected chi connectivity index (χ4v) is 3.75. The predicted molar refractivity (Wildman–Crippen MR) is 89.9 cm³/mol. The van der Waals surface area contributed by atoms with Gasteiger partial charge in [-0.2, -0.15) is 0 Å². The fraction of sp³-hybridized carbons (Fsp3) is 0.133. The van der Waals surface area contributed by atoms with E-state index in [0.29, 0.717) is 0 Å². The maximum atomic E-state index is 12.4. The molecule has 0 spiro atoms. The van der Waals surface area contributed by atoms with E-state index in [1.165, 1.54) is 62.5 Å². The van der Waals surface area contributed by atoms with Gasteiger partial charge >= 0.3 is 0 Å². The van der Waals surface area contributed by atoms with Gasteiger partial charge in [0, 0.05) is 11.3 Å². The molecule has 0 fully saturated rings. The Bertz CT molecular complexity index is 965. The molecule has 0 saturated carbocycles. The van der Waals surface area contributed by atoms with Crippen molar-refractivity contribution in [3.63, 3.8) is 0 Å². The van der Waals surface area contributed by atoms with Crippen LogP contribution in [0.4, 0.5) is 5.69 Å². The highest BCUT2D eigenvalue weighted by Crippen LogP contribution is 2.19. The number of ketones is 1. The molecule has 7 nitrogen and oxygen atoms in total. The van der Waals surface area contributed by atoms with Gasteiger partial charge in [-0.3, -0.25) is 9.52 Å². The van der Waals surface area contributed by atoms with Gasteiger partial charge in [0.25, 0.3) is 10.0 Å². The van der Waals surface area contributed by atoms with E-state index < -0.39 is 20.0 Å². The number of benzene rings is 2. The van der Waals surface area contributed by atoms with Crippen LogP contribution in [0.5, 0.6) is 0 Å². The van der Waals surface area contributed by atoms with E-state index in [2.05, 4.69) is 9.44 Å². The van der Waals surface area contributed by atoms with Crippen molar-refractivity contribution in [1.29, 1.82) is 0 Å². The first-order chi connectivity index (χ1) is 11.2. The molecule has 0 aliphatic carbocycles. The van der Waals surface area contributed by atoms with E-state index in [1.807, 2.05) is 0 Å². The minimum Gasteiger partial charge on any atom is -0.295 e. The predicted octanol–water partition coefficient (Wildman–Crippen LogP) is 1.60. The molecule has 0 unspecified atom stereocenters. The second-order valence-corrected chi connectivity index (χ2v) is 8.49. The van der Waals surface area contributed by atoms with E-state index in [1.54, 1.807) is 0 Å². The summed E-state index contributed by atoms with van der Waals surface area (Å²) in [4.78, 5) is 11.3. The average Bonchev–Trinajstić information content (AvgIpc) is 2.55. The smallest absolute Gasteiger partial charge is 0.261 e. The monoisotopic (exact) mass is 368 g/mol. The van der Waals surface area contributed by atoms with Gasteiger partial charge in [0.15, 0.2) is 5.78 Å². The van der Waals surface area contributed by atoms with Gasteiger partial charge in [0.2, 0.25) is 10.0 Å². The minimum absolute atomic E-state index is 0.0199. The van der Waals surface area contributed by atoms with E-state index in [4.69, 9.17) is 0 Å². The number of hydrogen-bond donors (Lipinski definition) is 2. The van der Waals surface area contributed by atoms with Crippen molar-refractivity contribution in [1.82, 2.24) is 4.72 Å². The van der Waals surface area contributed by atoms with Crippen LogP contribution in [0.2, 0.25) is 0 Å². The molecule has 0 radical (unpaired) electrons. The van der Waals surface area contributed by atoms with Crippen LogP contribution >= 0.6 is 0 Å². The highest BCUT2D eigenvalue weighted by Gasteiger charge is 2.16. The zero-order valence-corrected chi connectivity index (χ0v) is 14.6. The second kappa shape index (κ2) is 6.71. The van der Waals surface area contributed by atoms with Gasteiger partial charge in [0.05, 0.1) is 9.79 Å². The first-order valence-corrected chi connectivity index (χ1v) is 9.80. The molecular formula is C15H16N2O5S2. The van der Waals surface area contributed by atoms with Crippen molar-refractivity contribution in [2.45, 2.75) is 16.7 Å². The van der Waals surface area contributed by atoms with Crippen LogP contribution in [0.25, 0.3) is 0 Å². The summed E-state index contributed by atoms with van der Waals surface area (Å²) >= 11 is 0. The molecule has 2 aromatic carbocycles. The van der Waals surface area contributed by atoms with Crippen LogP contribution < -0.4 is 9.44 Å². The summed E-state index contributed by atoms with van der Waals surface area (Å²) in [6, 6.07) is 10.9. The summed E-state index contributed by atoms with van der Waals surface area (Å²) < 4.78 is 52.5. The quantitative estimate of drug-likeness (QED) is 0.753. The van der Waals surface area contributed by atoms with E-state index in [-0.39, 0.29) is 26.8 Å². The zero-order valence-electron chi connectivity index (χ0n) is 13.0. The molecule has 0 atom stereocenters. The van der Waals surface area contributed by atoms with Crippen LogP contribution in [0.1, 0.15) is 17.3 Å². The molecule has 0 aromatic heterocycles. The summed E-state index contributed by atoms with van der Waals surface area (Å²) in [7, 11) is -6.20. The first-order valence-electron chi connectivity index (χ1n) is 6.83. The number of hydrogen-bond acceptors (Lipinski definition) is 5. The molecule has 0 heterocycles. The third-order valence-corrected chi connectivity index (χ3v) is 6.05. The summed E-state index contributed by atoms with van der Waals surface area (Å²) in [5.74, 6) is -0.242. The number of rotatable bonds is 6. The third kappa shape index (κ3) is 3.99. The van der Waals surface area contributed by atoms with Crippen LogP contribution in [0.15, 0.2) is 58.3 Å². The molecule has 0 amide bonds. The number of sulfonamides is 2. The number of carbonyl (C=O) groups excluding carboxylic acids is 1. The lowest BCUT2D eigenvalue weighted by Gasteiger charge is -2.09. The Morgan fingerprint density at radius 1 is 0.875 bits per heavy atom. The van der Waals surface area contributed by atoms with Crippen LogP contribution in [-0.2, 0) is 20.0 Å². The number of anilines is 1. The molecular weight excluding hydrogens is 352 g/mol. The average molecular weight is 368 g/mol. The van der Waals surface area contributed by atoms with Crippen LogP contribution in [-0.4, -0.2) is 29.7 Å². The molecule has 2 N–H and O–H groups in total. The number of Topliss-reactive ketones (excluding diaryl/α,β-unsaturated/α-hetero) is 1. The van der Waals surface area contributed by atoms with Gasteiger partial charge in [0.1, 0.15) is 0 Å². The maximum Gasteiger partial charge on any atom is 0.261 e. The summed E-state index contributed by atoms with van der Waals surface area (Å²) in [6.45, 7) is 1.35.